The lowest BCUT2D eigenvalue weighted by Crippen LogP contribution is -1.99. The standard InChI is InChI=1S/C30H21ClN2O2S/c1-3-17-13-22-23(16-25(17)31)28(35)24(27(22)34)14-21-15-26-30(36-21)32-29(33(26)2)20-11-9-19(10-12-20)18-7-5-4-6-8-18/h4-16H,3H2,1-2H3/b24-14+. The lowest BCUT2D eigenvalue weighted by molar-refractivity contribution is 0.0990. The highest BCUT2D eigenvalue weighted by Gasteiger charge is 2.34. The Labute approximate surface area is 217 Å². The molecule has 0 N–H and O–H groups in total. The number of rotatable bonds is 4. The number of carbonyl (C=O) groups is 2. The van der Waals surface area contributed by atoms with Crippen LogP contribution in [0.15, 0.2) is 78.4 Å². The number of halogens is 1. The van der Waals surface area contributed by atoms with Crippen LogP contribution in [0, 0.1) is 0 Å². The average Bonchev–Trinajstić information content (AvgIpc) is 3.51. The first-order chi connectivity index (χ1) is 17.4. The first-order valence-electron chi connectivity index (χ1n) is 11.7. The van der Waals surface area contributed by atoms with Gasteiger partial charge in [-0.25, -0.2) is 4.98 Å². The quantitative estimate of drug-likeness (QED) is 0.185. The molecule has 3 aromatic carbocycles. The number of carbonyl (C=O) groups excluding carboxylic acids is 2. The van der Waals surface area contributed by atoms with Gasteiger partial charge < -0.3 is 4.57 Å². The highest BCUT2D eigenvalue weighted by Crippen LogP contribution is 2.36. The van der Waals surface area contributed by atoms with Gasteiger partial charge in [0, 0.05) is 33.6 Å². The Balaban J connectivity index is 1.32. The molecule has 36 heavy (non-hydrogen) atoms. The summed E-state index contributed by atoms with van der Waals surface area (Å²) >= 11 is 7.77. The molecule has 6 rings (SSSR count). The number of fused-ring (bicyclic) bond motifs is 2. The predicted molar refractivity (Wildman–Crippen MR) is 147 cm³/mol. The van der Waals surface area contributed by atoms with E-state index in [2.05, 4.69) is 36.4 Å². The molecule has 1 aliphatic carbocycles. The lowest BCUT2D eigenvalue weighted by Gasteiger charge is -2.05. The van der Waals surface area contributed by atoms with Crippen LogP contribution in [0.2, 0.25) is 5.02 Å². The van der Waals surface area contributed by atoms with Gasteiger partial charge in [0.15, 0.2) is 11.6 Å². The SMILES string of the molecule is CCc1cc2c(cc1Cl)C(=O)/C(=C/c1cc3c(nc(-c4ccc(-c5ccccc5)cc4)n3C)s1)C2=O. The summed E-state index contributed by atoms with van der Waals surface area (Å²) in [5.41, 5.74) is 6.19. The van der Waals surface area contributed by atoms with Crippen LogP contribution in [0.25, 0.3) is 38.9 Å². The first-order valence-corrected chi connectivity index (χ1v) is 12.9. The third-order valence-corrected chi connectivity index (χ3v) is 8.00. The molecule has 0 unspecified atom stereocenters. The molecule has 0 aliphatic heterocycles. The van der Waals surface area contributed by atoms with Gasteiger partial charge in [-0.05, 0) is 47.4 Å². The first kappa shape index (κ1) is 22.7. The van der Waals surface area contributed by atoms with Crippen molar-refractivity contribution in [3.63, 3.8) is 0 Å². The number of hydrogen-bond donors (Lipinski definition) is 0. The number of allylic oxidation sites excluding steroid dienone is 1. The van der Waals surface area contributed by atoms with Crippen LogP contribution < -0.4 is 0 Å². The van der Waals surface area contributed by atoms with E-state index in [9.17, 15) is 9.59 Å². The van der Waals surface area contributed by atoms with Gasteiger partial charge in [-0.3, -0.25) is 9.59 Å². The van der Waals surface area contributed by atoms with Gasteiger partial charge in [-0.1, -0.05) is 73.1 Å². The van der Waals surface area contributed by atoms with Crippen molar-refractivity contribution in [1.29, 1.82) is 0 Å². The minimum absolute atomic E-state index is 0.178. The summed E-state index contributed by atoms with van der Waals surface area (Å²) in [6.07, 6.45) is 2.39. The van der Waals surface area contributed by atoms with E-state index in [0.717, 1.165) is 37.7 Å². The van der Waals surface area contributed by atoms with E-state index >= 15 is 0 Å². The topological polar surface area (TPSA) is 52.0 Å². The molecule has 176 valence electrons. The van der Waals surface area contributed by atoms with Crippen molar-refractivity contribution >= 4 is 50.9 Å². The van der Waals surface area contributed by atoms with E-state index in [1.807, 2.05) is 42.8 Å². The Morgan fingerprint density at radius 3 is 2.19 bits per heavy atom. The molecule has 1 aliphatic rings. The van der Waals surface area contributed by atoms with E-state index in [1.54, 1.807) is 18.2 Å². The van der Waals surface area contributed by atoms with Crippen molar-refractivity contribution in [2.75, 3.05) is 0 Å². The molecule has 0 atom stereocenters. The maximum atomic E-state index is 13.0. The number of thiophene rings is 1. The van der Waals surface area contributed by atoms with Gasteiger partial charge in [0.1, 0.15) is 10.7 Å². The van der Waals surface area contributed by atoms with Crippen molar-refractivity contribution in [2.24, 2.45) is 7.05 Å². The van der Waals surface area contributed by atoms with Crippen LogP contribution in [-0.2, 0) is 13.5 Å². The monoisotopic (exact) mass is 508 g/mol. The van der Waals surface area contributed by atoms with Crippen LogP contribution >= 0.6 is 22.9 Å². The third-order valence-electron chi connectivity index (χ3n) is 6.68. The van der Waals surface area contributed by atoms with Crippen molar-refractivity contribution < 1.29 is 9.59 Å². The van der Waals surface area contributed by atoms with Gasteiger partial charge in [0.25, 0.3) is 0 Å². The Bertz CT molecular complexity index is 1710. The third kappa shape index (κ3) is 3.63. The summed E-state index contributed by atoms with van der Waals surface area (Å²) in [5, 5.41) is 0.522. The Hall–Kier alpha value is -3.80. The summed E-state index contributed by atoms with van der Waals surface area (Å²) < 4.78 is 2.05. The summed E-state index contributed by atoms with van der Waals surface area (Å²) in [7, 11) is 1.98. The second kappa shape index (κ2) is 8.70. The summed E-state index contributed by atoms with van der Waals surface area (Å²) in [6.45, 7) is 1.97. The van der Waals surface area contributed by atoms with Crippen LogP contribution in [0.1, 0.15) is 38.1 Å². The number of Topliss-reactive ketones (excluding diaryl/α,β-unsaturated/α-hetero) is 2. The van der Waals surface area contributed by atoms with Crippen LogP contribution in [0.4, 0.5) is 0 Å². The Morgan fingerprint density at radius 1 is 0.889 bits per heavy atom. The summed E-state index contributed by atoms with van der Waals surface area (Å²) in [4.78, 5) is 32.6. The molecule has 0 saturated heterocycles. The number of aromatic nitrogens is 2. The largest absolute Gasteiger partial charge is 0.326 e. The lowest BCUT2D eigenvalue weighted by atomic mass is 10.0. The van der Waals surface area contributed by atoms with E-state index in [4.69, 9.17) is 16.6 Å². The molecule has 6 heteroatoms. The normalized spacial score (nSPS) is 14.2. The number of ketones is 2. The predicted octanol–water partition coefficient (Wildman–Crippen LogP) is 7.65. The molecule has 0 bridgehead atoms. The molecule has 0 saturated carbocycles. The van der Waals surface area contributed by atoms with Crippen molar-refractivity contribution in [2.45, 2.75) is 13.3 Å². The zero-order valence-electron chi connectivity index (χ0n) is 19.7. The molecule has 2 aromatic heterocycles. The second-order valence-corrected chi connectivity index (χ2v) is 10.3. The zero-order chi connectivity index (χ0) is 25.0. The summed E-state index contributed by atoms with van der Waals surface area (Å²) in [6, 6.07) is 24.0. The van der Waals surface area contributed by atoms with Gasteiger partial charge in [-0.2, -0.15) is 0 Å². The molecule has 0 fully saturated rings. The van der Waals surface area contributed by atoms with Gasteiger partial charge in [0.05, 0.1) is 11.1 Å². The van der Waals surface area contributed by atoms with Gasteiger partial charge in [-0.15, -0.1) is 11.3 Å². The van der Waals surface area contributed by atoms with Crippen molar-refractivity contribution in [3.8, 4) is 22.5 Å². The van der Waals surface area contributed by atoms with Crippen LogP contribution in [0.3, 0.4) is 0 Å². The molecular weight excluding hydrogens is 488 g/mol. The molecule has 4 nitrogen and oxygen atoms in total. The fraction of sp³-hybridized carbons (Fsp3) is 0.100. The molecule has 0 amide bonds. The van der Waals surface area contributed by atoms with E-state index in [0.29, 0.717) is 22.6 Å². The highest BCUT2D eigenvalue weighted by atomic mass is 35.5. The molecule has 5 aromatic rings. The van der Waals surface area contributed by atoms with E-state index in [1.165, 1.54) is 16.9 Å². The molecular formula is C30H21ClN2O2S. The summed E-state index contributed by atoms with van der Waals surface area (Å²) in [5.74, 6) is 0.354. The van der Waals surface area contributed by atoms with Gasteiger partial charge >= 0.3 is 0 Å². The van der Waals surface area contributed by atoms with Crippen LogP contribution in [0.5, 0.6) is 0 Å². The number of nitrogens with zero attached hydrogens (tertiary/aromatic N) is 2. The number of benzene rings is 3. The fourth-order valence-corrected chi connectivity index (χ4v) is 6.00. The Morgan fingerprint density at radius 2 is 1.53 bits per heavy atom. The van der Waals surface area contributed by atoms with Crippen molar-refractivity contribution in [3.05, 3.63) is 105 Å². The average molecular weight is 509 g/mol. The minimum Gasteiger partial charge on any atom is -0.326 e. The zero-order valence-corrected chi connectivity index (χ0v) is 21.3. The maximum Gasteiger partial charge on any atom is 0.197 e. The molecule has 2 heterocycles. The molecule has 0 spiro atoms. The number of imidazole rings is 1. The smallest absolute Gasteiger partial charge is 0.197 e. The minimum atomic E-state index is -0.274. The fourth-order valence-electron chi connectivity index (χ4n) is 4.70. The van der Waals surface area contributed by atoms with Gasteiger partial charge in [0.2, 0.25) is 0 Å². The maximum absolute atomic E-state index is 13.0. The number of aryl methyl sites for hydroxylation is 2. The highest BCUT2D eigenvalue weighted by molar-refractivity contribution is 7.19. The van der Waals surface area contributed by atoms with E-state index < -0.39 is 0 Å². The van der Waals surface area contributed by atoms with Crippen molar-refractivity contribution in [1.82, 2.24) is 9.55 Å². The van der Waals surface area contributed by atoms with E-state index in [-0.39, 0.29) is 17.1 Å². The Kier molecular flexibility index (Phi) is 5.47. The second-order valence-electron chi connectivity index (χ2n) is 8.84. The van der Waals surface area contributed by atoms with Crippen LogP contribution in [-0.4, -0.2) is 21.1 Å². The number of hydrogen-bond acceptors (Lipinski definition) is 4. The molecule has 0 radical (unpaired) electrons.